The van der Waals surface area contributed by atoms with Crippen LogP contribution in [0.1, 0.15) is 62.2 Å². The second-order valence-corrected chi connectivity index (χ2v) is 5.95. The number of nitrogens with two attached hydrogens (primary N) is 1. The molecule has 0 radical (unpaired) electrons. The molecular weight excluding hydrogens is 306 g/mol. The molecule has 0 aromatic heterocycles. The Bertz CT molecular complexity index is 499. The van der Waals surface area contributed by atoms with Crippen LogP contribution in [0.25, 0.3) is 0 Å². The molecule has 2 N–H and O–H groups in total. The number of benzene rings is 1. The minimum absolute atomic E-state index is 0.0663. The Hall–Kier alpha value is -1.88. The van der Waals surface area contributed by atoms with E-state index in [1.807, 2.05) is 0 Å². The van der Waals surface area contributed by atoms with Crippen molar-refractivity contribution >= 4 is 11.8 Å². The van der Waals surface area contributed by atoms with Gasteiger partial charge in [0.2, 0.25) is 0 Å². The zero-order valence-corrected chi connectivity index (χ0v) is 14.8. The molecule has 0 amide bonds. The molecule has 0 saturated heterocycles. The zero-order valence-electron chi connectivity index (χ0n) is 14.8. The van der Waals surface area contributed by atoms with Gasteiger partial charge in [0.25, 0.3) is 0 Å². The summed E-state index contributed by atoms with van der Waals surface area (Å²) in [6.45, 7) is 2.59. The van der Waals surface area contributed by atoms with E-state index in [0.29, 0.717) is 17.9 Å². The first-order valence-corrected chi connectivity index (χ1v) is 8.65. The topological polar surface area (TPSA) is 78.6 Å². The summed E-state index contributed by atoms with van der Waals surface area (Å²) in [5.74, 6) is 0.274. The van der Waals surface area contributed by atoms with E-state index in [2.05, 4.69) is 6.92 Å². The van der Waals surface area contributed by atoms with E-state index in [9.17, 15) is 9.59 Å². The number of carbonyl (C=O) groups is 2. The van der Waals surface area contributed by atoms with Crippen LogP contribution >= 0.6 is 0 Å². The first kappa shape index (κ1) is 20.2. The number of Topliss-reactive ketones (excluding diaryl/α,β-unsaturated/α-hetero) is 1. The third-order valence-electron chi connectivity index (χ3n) is 3.80. The zero-order chi connectivity index (χ0) is 17.8. The molecule has 1 unspecified atom stereocenters. The fourth-order valence-corrected chi connectivity index (χ4v) is 2.37. The standard InChI is InChI=1S/C19H29NO4/c1-3-4-5-6-7-12-24-19(22)14-16(20)13-18(21)15-8-10-17(23-2)11-9-15/h8-11,16H,3-7,12-14,20H2,1-2H3. The maximum atomic E-state index is 12.1. The van der Waals surface area contributed by atoms with Gasteiger partial charge in [0.05, 0.1) is 20.1 Å². The van der Waals surface area contributed by atoms with Crippen molar-refractivity contribution in [1.29, 1.82) is 0 Å². The molecule has 5 nitrogen and oxygen atoms in total. The third kappa shape index (κ3) is 8.11. The average Bonchev–Trinajstić information content (AvgIpc) is 2.57. The summed E-state index contributed by atoms with van der Waals surface area (Å²) in [5.41, 5.74) is 6.46. The molecule has 5 heteroatoms. The van der Waals surface area contributed by atoms with Crippen LogP contribution < -0.4 is 10.5 Å². The molecule has 0 aliphatic heterocycles. The van der Waals surface area contributed by atoms with Gasteiger partial charge in [-0.15, -0.1) is 0 Å². The summed E-state index contributed by atoms with van der Waals surface area (Å²) in [4.78, 5) is 23.8. The quantitative estimate of drug-likeness (QED) is 0.359. The highest BCUT2D eigenvalue weighted by Gasteiger charge is 2.16. The molecule has 1 aromatic rings. The molecule has 1 aromatic carbocycles. The summed E-state index contributed by atoms with van der Waals surface area (Å²) in [6, 6.07) is 6.33. The van der Waals surface area contributed by atoms with E-state index in [1.54, 1.807) is 31.4 Å². The van der Waals surface area contributed by atoms with Crippen molar-refractivity contribution in [2.75, 3.05) is 13.7 Å². The molecule has 0 bridgehead atoms. The van der Waals surface area contributed by atoms with Crippen LogP contribution in [0.15, 0.2) is 24.3 Å². The molecule has 0 heterocycles. The summed E-state index contributed by atoms with van der Waals surface area (Å²) in [5, 5.41) is 0. The highest BCUT2D eigenvalue weighted by molar-refractivity contribution is 5.96. The molecule has 0 saturated carbocycles. The Morgan fingerprint density at radius 2 is 1.71 bits per heavy atom. The fraction of sp³-hybridized carbons (Fsp3) is 0.579. The molecule has 1 atom stereocenters. The van der Waals surface area contributed by atoms with Gasteiger partial charge < -0.3 is 15.2 Å². The van der Waals surface area contributed by atoms with Gasteiger partial charge in [0, 0.05) is 18.0 Å². The van der Waals surface area contributed by atoms with Gasteiger partial charge in [-0.2, -0.15) is 0 Å². The van der Waals surface area contributed by atoms with Crippen LogP contribution in [0.3, 0.4) is 0 Å². The minimum atomic E-state index is -0.521. The highest BCUT2D eigenvalue weighted by Crippen LogP contribution is 2.14. The number of hydrogen-bond acceptors (Lipinski definition) is 5. The van der Waals surface area contributed by atoms with E-state index < -0.39 is 6.04 Å². The fourth-order valence-electron chi connectivity index (χ4n) is 2.37. The van der Waals surface area contributed by atoms with Crippen molar-refractivity contribution in [2.45, 2.75) is 57.9 Å². The SMILES string of the molecule is CCCCCCCOC(=O)CC(N)CC(=O)c1ccc(OC)cc1. The average molecular weight is 335 g/mol. The Labute approximate surface area is 144 Å². The first-order valence-electron chi connectivity index (χ1n) is 8.65. The second kappa shape index (κ2) is 11.6. The maximum Gasteiger partial charge on any atom is 0.307 e. The Morgan fingerprint density at radius 3 is 2.33 bits per heavy atom. The number of unbranched alkanes of at least 4 members (excludes halogenated alkanes) is 4. The van der Waals surface area contributed by atoms with Gasteiger partial charge in [-0.3, -0.25) is 9.59 Å². The monoisotopic (exact) mass is 335 g/mol. The van der Waals surface area contributed by atoms with Crippen LogP contribution in [0.5, 0.6) is 5.75 Å². The number of methoxy groups -OCH3 is 1. The predicted octanol–water partition coefficient (Wildman–Crippen LogP) is 3.50. The normalized spacial score (nSPS) is 11.8. The van der Waals surface area contributed by atoms with Crippen molar-refractivity contribution in [3.05, 3.63) is 29.8 Å². The van der Waals surface area contributed by atoms with E-state index in [0.717, 1.165) is 12.8 Å². The molecule has 24 heavy (non-hydrogen) atoms. The summed E-state index contributed by atoms with van der Waals surface area (Å²) < 4.78 is 10.2. The summed E-state index contributed by atoms with van der Waals surface area (Å²) in [6.07, 6.45) is 5.72. The Balaban J connectivity index is 2.25. The molecule has 0 aliphatic carbocycles. The number of carbonyl (C=O) groups excluding carboxylic acids is 2. The van der Waals surface area contributed by atoms with Crippen molar-refractivity contribution in [1.82, 2.24) is 0 Å². The van der Waals surface area contributed by atoms with E-state index in [4.69, 9.17) is 15.2 Å². The summed E-state index contributed by atoms with van der Waals surface area (Å²) in [7, 11) is 1.57. The van der Waals surface area contributed by atoms with E-state index >= 15 is 0 Å². The van der Waals surface area contributed by atoms with Gasteiger partial charge in [-0.25, -0.2) is 0 Å². The van der Waals surface area contributed by atoms with Crippen molar-refractivity contribution in [3.8, 4) is 5.75 Å². The van der Waals surface area contributed by atoms with E-state index in [-0.39, 0.29) is 24.6 Å². The van der Waals surface area contributed by atoms with Gasteiger partial charge in [0.15, 0.2) is 5.78 Å². The molecule has 0 aliphatic rings. The van der Waals surface area contributed by atoms with Crippen LogP contribution in [0.4, 0.5) is 0 Å². The number of rotatable bonds is 12. The van der Waals surface area contributed by atoms with Crippen LogP contribution in [0.2, 0.25) is 0 Å². The second-order valence-electron chi connectivity index (χ2n) is 5.95. The van der Waals surface area contributed by atoms with Gasteiger partial charge in [0.1, 0.15) is 5.75 Å². The minimum Gasteiger partial charge on any atom is -0.497 e. The lowest BCUT2D eigenvalue weighted by Crippen LogP contribution is -2.28. The molecular formula is C19H29NO4. The molecule has 1 rings (SSSR count). The van der Waals surface area contributed by atoms with E-state index in [1.165, 1.54) is 19.3 Å². The highest BCUT2D eigenvalue weighted by atomic mass is 16.5. The summed E-state index contributed by atoms with van der Waals surface area (Å²) >= 11 is 0. The number of ether oxygens (including phenoxy) is 2. The molecule has 0 spiro atoms. The lowest BCUT2D eigenvalue weighted by Gasteiger charge is -2.11. The largest absolute Gasteiger partial charge is 0.497 e. The predicted molar refractivity (Wildman–Crippen MR) is 94.3 cm³/mol. The van der Waals surface area contributed by atoms with Crippen molar-refractivity contribution in [2.24, 2.45) is 5.73 Å². The molecule has 0 fully saturated rings. The number of esters is 1. The Morgan fingerprint density at radius 1 is 1.04 bits per heavy atom. The van der Waals surface area contributed by atoms with Crippen LogP contribution in [-0.4, -0.2) is 31.5 Å². The van der Waals surface area contributed by atoms with Gasteiger partial charge in [-0.05, 0) is 30.7 Å². The van der Waals surface area contributed by atoms with Gasteiger partial charge in [-0.1, -0.05) is 32.6 Å². The first-order chi connectivity index (χ1) is 11.6. The van der Waals surface area contributed by atoms with Crippen LogP contribution in [0, 0.1) is 0 Å². The van der Waals surface area contributed by atoms with Crippen molar-refractivity contribution < 1.29 is 19.1 Å². The van der Waals surface area contributed by atoms with Gasteiger partial charge >= 0.3 is 5.97 Å². The third-order valence-corrected chi connectivity index (χ3v) is 3.80. The lowest BCUT2D eigenvalue weighted by molar-refractivity contribution is -0.144. The number of ketones is 1. The van der Waals surface area contributed by atoms with Crippen LogP contribution in [-0.2, 0) is 9.53 Å². The number of hydrogen-bond donors (Lipinski definition) is 1. The smallest absolute Gasteiger partial charge is 0.307 e. The van der Waals surface area contributed by atoms with Crippen molar-refractivity contribution in [3.63, 3.8) is 0 Å². The molecule has 134 valence electrons. The lowest BCUT2D eigenvalue weighted by atomic mass is 10.0. The maximum absolute atomic E-state index is 12.1. The Kier molecular flexibility index (Phi) is 9.77.